The molecule has 18 heavy (non-hydrogen) atoms. The van der Waals surface area contributed by atoms with Crippen molar-refractivity contribution in [2.45, 2.75) is 6.04 Å². The van der Waals surface area contributed by atoms with Crippen molar-refractivity contribution in [3.8, 4) is 0 Å². The Bertz CT molecular complexity index is 537. The van der Waals surface area contributed by atoms with Crippen molar-refractivity contribution in [2.24, 2.45) is 0 Å². The Morgan fingerprint density at radius 2 is 1.72 bits per heavy atom. The molecule has 0 fully saturated rings. The highest BCUT2D eigenvalue weighted by Gasteiger charge is 2.13. The molecule has 0 aliphatic carbocycles. The van der Waals surface area contributed by atoms with Crippen LogP contribution in [0.5, 0.6) is 0 Å². The molecule has 2 aromatic rings. The summed E-state index contributed by atoms with van der Waals surface area (Å²) in [6.45, 7) is 0. The standard InChI is InChI=1S/C14H12BrCl2N/c1-18-14(9-3-2-4-12(16)6-9)10-5-11(15)8-13(17)7-10/h2-8,14,18H,1H3. The summed E-state index contributed by atoms with van der Waals surface area (Å²) < 4.78 is 0.965. The van der Waals surface area contributed by atoms with Gasteiger partial charge in [0.25, 0.3) is 0 Å². The second kappa shape index (κ2) is 6.07. The van der Waals surface area contributed by atoms with Crippen LogP contribution in [0.15, 0.2) is 46.9 Å². The van der Waals surface area contributed by atoms with Gasteiger partial charge >= 0.3 is 0 Å². The van der Waals surface area contributed by atoms with Gasteiger partial charge in [-0.3, -0.25) is 0 Å². The van der Waals surface area contributed by atoms with E-state index in [0.717, 1.165) is 20.6 Å². The third-order valence-corrected chi connectivity index (χ3v) is 3.60. The number of rotatable bonds is 3. The van der Waals surface area contributed by atoms with Crippen LogP contribution >= 0.6 is 39.1 Å². The van der Waals surface area contributed by atoms with Gasteiger partial charge in [-0.15, -0.1) is 0 Å². The van der Waals surface area contributed by atoms with Crippen molar-refractivity contribution in [3.63, 3.8) is 0 Å². The summed E-state index contributed by atoms with van der Waals surface area (Å²) in [4.78, 5) is 0. The van der Waals surface area contributed by atoms with E-state index < -0.39 is 0 Å². The molecule has 1 atom stereocenters. The zero-order valence-electron chi connectivity index (χ0n) is 9.75. The van der Waals surface area contributed by atoms with Gasteiger partial charge in [-0.05, 0) is 48.5 Å². The van der Waals surface area contributed by atoms with E-state index in [0.29, 0.717) is 5.02 Å². The lowest BCUT2D eigenvalue weighted by Crippen LogP contribution is -2.17. The van der Waals surface area contributed by atoms with Crippen molar-refractivity contribution in [3.05, 3.63) is 68.1 Å². The summed E-state index contributed by atoms with van der Waals surface area (Å²) in [5, 5.41) is 4.72. The first-order valence-corrected chi connectivity index (χ1v) is 7.04. The highest BCUT2D eigenvalue weighted by atomic mass is 79.9. The third-order valence-electron chi connectivity index (χ3n) is 2.69. The Labute approximate surface area is 125 Å². The van der Waals surface area contributed by atoms with Crippen LogP contribution in [0.25, 0.3) is 0 Å². The van der Waals surface area contributed by atoms with E-state index in [-0.39, 0.29) is 6.04 Å². The van der Waals surface area contributed by atoms with E-state index in [1.54, 1.807) is 0 Å². The fourth-order valence-corrected chi connectivity index (χ4v) is 3.04. The van der Waals surface area contributed by atoms with Crippen LogP contribution in [0.3, 0.4) is 0 Å². The molecule has 2 rings (SSSR count). The minimum absolute atomic E-state index is 0.0682. The highest BCUT2D eigenvalue weighted by Crippen LogP contribution is 2.28. The average Bonchev–Trinajstić information content (AvgIpc) is 2.28. The molecule has 0 bridgehead atoms. The van der Waals surface area contributed by atoms with Crippen LogP contribution in [0, 0.1) is 0 Å². The van der Waals surface area contributed by atoms with Crippen molar-refractivity contribution in [2.75, 3.05) is 7.05 Å². The first-order valence-electron chi connectivity index (χ1n) is 5.49. The highest BCUT2D eigenvalue weighted by molar-refractivity contribution is 9.10. The van der Waals surface area contributed by atoms with Crippen LogP contribution in [-0.2, 0) is 0 Å². The van der Waals surface area contributed by atoms with E-state index in [1.807, 2.05) is 49.5 Å². The van der Waals surface area contributed by atoms with E-state index in [9.17, 15) is 0 Å². The van der Waals surface area contributed by atoms with Gasteiger partial charge in [-0.2, -0.15) is 0 Å². The smallest absolute Gasteiger partial charge is 0.0575 e. The lowest BCUT2D eigenvalue weighted by atomic mass is 9.99. The Hall–Kier alpha value is -0.540. The summed E-state index contributed by atoms with van der Waals surface area (Å²) in [6, 6.07) is 13.8. The fourth-order valence-electron chi connectivity index (χ4n) is 1.95. The molecule has 0 radical (unpaired) electrons. The molecule has 0 amide bonds. The Kier molecular flexibility index (Phi) is 4.68. The number of benzene rings is 2. The maximum Gasteiger partial charge on any atom is 0.0575 e. The van der Waals surface area contributed by atoms with Crippen LogP contribution in [-0.4, -0.2) is 7.05 Å². The van der Waals surface area contributed by atoms with Crippen LogP contribution in [0.4, 0.5) is 0 Å². The number of nitrogens with one attached hydrogen (secondary N) is 1. The van der Waals surface area contributed by atoms with Gasteiger partial charge in [0, 0.05) is 14.5 Å². The van der Waals surface area contributed by atoms with Crippen molar-refractivity contribution >= 4 is 39.1 Å². The first-order chi connectivity index (χ1) is 8.60. The summed E-state index contributed by atoms with van der Waals surface area (Å²) in [5.41, 5.74) is 2.21. The molecule has 0 aromatic heterocycles. The third kappa shape index (κ3) is 3.27. The predicted molar refractivity (Wildman–Crippen MR) is 81.5 cm³/mol. The van der Waals surface area contributed by atoms with E-state index >= 15 is 0 Å². The number of hydrogen-bond donors (Lipinski definition) is 1. The molecule has 0 aliphatic rings. The van der Waals surface area contributed by atoms with Crippen molar-refractivity contribution in [1.82, 2.24) is 5.32 Å². The van der Waals surface area contributed by atoms with E-state index in [1.165, 1.54) is 0 Å². The van der Waals surface area contributed by atoms with E-state index in [2.05, 4.69) is 21.2 Å². The minimum atomic E-state index is 0.0682. The van der Waals surface area contributed by atoms with Crippen LogP contribution < -0.4 is 5.32 Å². The number of halogens is 3. The average molecular weight is 345 g/mol. The van der Waals surface area contributed by atoms with Crippen LogP contribution in [0.2, 0.25) is 10.0 Å². The first kappa shape index (κ1) is 13.9. The monoisotopic (exact) mass is 343 g/mol. The number of hydrogen-bond acceptors (Lipinski definition) is 1. The SMILES string of the molecule is CNC(c1cccc(Cl)c1)c1cc(Cl)cc(Br)c1. The molecule has 0 saturated heterocycles. The molecule has 0 spiro atoms. The predicted octanol–water partition coefficient (Wildman–Crippen LogP) is 5.06. The van der Waals surface area contributed by atoms with Gasteiger partial charge in [0.05, 0.1) is 6.04 Å². The summed E-state index contributed by atoms with van der Waals surface area (Å²) >= 11 is 15.6. The molecule has 0 saturated carbocycles. The lowest BCUT2D eigenvalue weighted by molar-refractivity contribution is 0.691. The molecule has 0 aliphatic heterocycles. The zero-order valence-corrected chi connectivity index (χ0v) is 12.9. The largest absolute Gasteiger partial charge is 0.309 e. The summed E-state index contributed by atoms with van der Waals surface area (Å²) in [7, 11) is 1.92. The Morgan fingerprint density at radius 1 is 1.00 bits per heavy atom. The molecule has 1 unspecified atom stereocenters. The van der Waals surface area contributed by atoms with Crippen molar-refractivity contribution < 1.29 is 0 Å². The summed E-state index contributed by atoms with van der Waals surface area (Å²) in [5.74, 6) is 0. The van der Waals surface area contributed by atoms with Gasteiger partial charge in [-0.25, -0.2) is 0 Å². The molecular formula is C14H12BrCl2N. The molecule has 2 aromatic carbocycles. The van der Waals surface area contributed by atoms with Gasteiger partial charge < -0.3 is 5.32 Å². The fraction of sp³-hybridized carbons (Fsp3) is 0.143. The quantitative estimate of drug-likeness (QED) is 0.820. The van der Waals surface area contributed by atoms with Gasteiger partial charge in [-0.1, -0.05) is 51.3 Å². The minimum Gasteiger partial charge on any atom is -0.309 e. The molecule has 1 N–H and O–H groups in total. The van der Waals surface area contributed by atoms with Gasteiger partial charge in [0.1, 0.15) is 0 Å². The Balaban J connectivity index is 2.45. The zero-order chi connectivity index (χ0) is 13.1. The second-order valence-corrected chi connectivity index (χ2v) is 5.77. The molecule has 4 heteroatoms. The lowest BCUT2D eigenvalue weighted by Gasteiger charge is -2.18. The molecular weight excluding hydrogens is 333 g/mol. The van der Waals surface area contributed by atoms with Gasteiger partial charge in [0.15, 0.2) is 0 Å². The molecule has 94 valence electrons. The summed E-state index contributed by atoms with van der Waals surface area (Å²) in [6.07, 6.45) is 0. The van der Waals surface area contributed by atoms with E-state index in [4.69, 9.17) is 23.2 Å². The normalized spacial score (nSPS) is 12.4. The maximum atomic E-state index is 6.09. The maximum absolute atomic E-state index is 6.09. The van der Waals surface area contributed by atoms with Crippen LogP contribution in [0.1, 0.15) is 17.2 Å². The Morgan fingerprint density at radius 3 is 2.33 bits per heavy atom. The van der Waals surface area contributed by atoms with Crippen molar-refractivity contribution in [1.29, 1.82) is 0 Å². The second-order valence-electron chi connectivity index (χ2n) is 3.98. The molecule has 0 heterocycles. The van der Waals surface area contributed by atoms with Gasteiger partial charge in [0.2, 0.25) is 0 Å². The molecule has 1 nitrogen and oxygen atoms in total. The topological polar surface area (TPSA) is 12.0 Å².